The third-order valence-electron chi connectivity index (χ3n) is 4.02. The van der Waals surface area contributed by atoms with E-state index in [2.05, 4.69) is 5.32 Å². The second-order valence-corrected chi connectivity index (χ2v) is 6.01. The van der Waals surface area contributed by atoms with Gasteiger partial charge in [0.25, 0.3) is 0 Å². The number of hydrogen-bond donors (Lipinski definition) is 2. The monoisotopic (exact) mass is 336 g/mol. The summed E-state index contributed by atoms with van der Waals surface area (Å²) < 4.78 is 10.7. The highest BCUT2D eigenvalue weighted by Crippen LogP contribution is 2.30. The molecule has 2 N–H and O–H groups in total. The van der Waals surface area contributed by atoms with Gasteiger partial charge in [0.05, 0.1) is 25.3 Å². The number of likely N-dealkylation sites (tertiary alicyclic amines) is 1. The van der Waals surface area contributed by atoms with Crippen LogP contribution in [-0.4, -0.2) is 48.8 Å². The SMILES string of the molecule is CCOc1ccc(OC)cc1NC(=O)N1CC(C)CC(C(=O)O)C1. The van der Waals surface area contributed by atoms with Gasteiger partial charge in [-0.25, -0.2) is 4.79 Å². The van der Waals surface area contributed by atoms with Crippen LogP contribution in [0.25, 0.3) is 0 Å². The minimum Gasteiger partial charge on any atom is -0.497 e. The molecule has 2 unspecified atom stereocenters. The first-order valence-electron chi connectivity index (χ1n) is 8.04. The van der Waals surface area contributed by atoms with Gasteiger partial charge in [-0.1, -0.05) is 6.92 Å². The number of hydrogen-bond acceptors (Lipinski definition) is 4. The van der Waals surface area contributed by atoms with E-state index in [0.717, 1.165) is 0 Å². The molecule has 7 heteroatoms. The van der Waals surface area contributed by atoms with Crippen LogP contribution in [0.5, 0.6) is 11.5 Å². The van der Waals surface area contributed by atoms with Gasteiger partial charge in [-0.3, -0.25) is 4.79 Å². The summed E-state index contributed by atoms with van der Waals surface area (Å²) in [7, 11) is 1.55. The van der Waals surface area contributed by atoms with Crippen LogP contribution >= 0.6 is 0 Å². The molecule has 2 amide bonds. The fraction of sp³-hybridized carbons (Fsp3) is 0.529. The lowest BCUT2D eigenvalue weighted by Crippen LogP contribution is -2.47. The zero-order valence-corrected chi connectivity index (χ0v) is 14.2. The zero-order chi connectivity index (χ0) is 17.7. The lowest BCUT2D eigenvalue weighted by molar-refractivity contribution is -0.143. The minimum absolute atomic E-state index is 0.141. The Kier molecular flexibility index (Phi) is 5.89. The molecule has 0 spiro atoms. The first-order valence-corrected chi connectivity index (χ1v) is 8.04. The quantitative estimate of drug-likeness (QED) is 0.863. The van der Waals surface area contributed by atoms with Crippen LogP contribution in [0.2, 0.25) is 0 Å². The number of carbonyl (C=O) groups excluding carboxylic acids is 1. The van der Waals surface area contributed by atoms with Crippen molar-refractivity contribution in [2.45, 2.75) is 20.3 Å². The van der Waals surface area contributed by atoms with Crippen LogP contribution in [0.15, 0.2) is 18.2 Å². The first kappa shape index (κ1) is 17.9. The Hall–Kier alpha value is -2.44. The Morgan fingerprint density at radius 2 is 2.12 bits per heavy atom. The van der Waals surface area contributed by atoms with Crippen molar-refractivity contribution in [3.05, 3.63) is 18.2 Å². The van der Waals surface area contributed by atoms with Crippen molar-refractivity contribution < 1.29 is 24.2 Å². The summed E-state index contributed by atoms with van der Waals surface area (Å²) in [6.45, 7) is 5.02. The lowest BCUT2D eigenvalue weighted by Gasteiger charge is -2.34. The van der Waals surface area contributed by atoms with Crippen molar-refractivity contribution >= 4 is 17.7 Å². The maximum atomic E-state index is 12.6. The van der Waals surface area contributed by atoms with Gasteiger partial charge < -0.3 is 24.8 Å². The maximum Gasteiger partial charge on any atom is 0.321 e. The Labute approximate surface area is 141 Å². The molecule has 1 aliphatic heterocycles. The minimum atomic E-state index is -0.865. The van der Waals surface area contributed by atoms with E-state index in [1.165, 1.54) is 0 Å². The van der Waals surface area contributed by atoms with Gasteiger partial charge >= 0.3 is 12.0 Å². The van der Waals surface area contributed by atoms with E-state index in [1.807, 2.05) is 13.8 Å². The average Bonchev–Trinajstić information content (AvgIpc) is 2.55. The fourth-order valence-corrected chi connectivity index (χ4v) is 2.91. The van der Waals surface area contributed by atoms with Gasteiger partial charge in [0.15, 0.2) is 0 Å². The van der Waals surface area contributed by atoms with Gasteiger partial charge in [0, 0.05) is 19.2 Å². The van der Waals surface area contributed by atoms with Crippen molar-refractivity contribution in [1.29, 1.82) is 0 Å². The first-order chi connectivity index (χ1) is 11.4. The summed E-state index contributed by atoms with van der Waals surface area (Å²) in [6.07, 6.45) is 0.586. The van der Waals surface area contributed by atoms with E-state index in [-0.39, 0.29) is 18.5 Å². The Morgan fingerprint density at radius 3 is 2.75 bits per heavy atom. The van der Waals surface area contributed by atoms with Crippen LogP contribution in [0.4, 0.5) is 10.5 Å². The molecule has 1 saturated heterocycles. The Morgan fingerprint density at radius 1 is 1.38 bits per heavy atom. The second-order valence-electron chi connectivity index (χ2n) is 6.01. The zero-order valence-electron chi connectivity index (χ0n) is 14.2. The summed E-state index contributed by atoms with van der Waals surface area (Å²) >= 11 is 0. The number of rotatable bonds is 5. The van der Waals surface area contributed by atoms with E-state index >= 15 is 0 Å². The molecular formula is C17H24N2O5. The number of ether oxygens (including phenoxy) is 2. The summed E-state index contributed by atoms with van der Waals surface area (Å²) in [5, 5.41) is 12.0. The number of anilines is 1. The van der Waals surface area contributed by atoms with E-state index in [0.29, 0.717) is 36.8 Å². The van der Waals surface area contributed by atoms with Crippen molar-refractivity contribution in [3.63, 3.8) is 0 Å². The number of benzene rings is 1. The number of carboxylic acids is 1. The molecule has 24 heavy (non-hydrogen) atoms. The molecule has 1 fully saturated rings. The van der Waals surface area contributed by atoms with Gasteiger partial charge in [-0.2, -0.15) is 0 Å². The number of amides is 2. The molecule has 0 bridgehead atoms. The van der Waals surface area contributed by atoms with Crippen molar-refractivity contribution in [1.82, 2.24) is 4.90 Å². The molecule has 7 nitrogen and oxygen atoms in total. The van der Waals surface area contributed by atoms with Crippen LogP contribution in [-0.2, 0) is 4.79 Å². The highest BCUT2D eigenvalue weighted by molar-refractivity contribution is 5.91. The van der Waals surface area contributed by atoms with Gasteiger partial charge in [0.2, 0.25) is 0 Å². The topological polar surface area (TPSA) is 88.1 Å². The molecule has 1 aromatic carbocycles. The second kappa shape index (κ2) is 7.90. The van der Waals surface area contributed by atoms with Gasteiger partial charge in [-0.05, 0) is 31.4 Å². The summed E-state index contributed by atoms with van der Waals surface area (Å²) in [5.41, 5.74) is 0.506. The molecule has 1 aromatic rings. The number of urea groups is 1. The molecule has 0 radical (unpaired) electrons. The summed E-state index contributed by atoms with van der Waals surface area (Å²) in [6, 6.07) is 4.84. The summed E-state index contributed by atoms with van der Waals surface area (Å²) in [5.74, 6) is -0.107. The van der Waals surface area contributed by atoms with Crippen LogP contribution in [0.3, 0.4) is 0 Å². The highest BCUT2D eigenvalue weighted by atomic mass is 16.5. The molecule has 2 atom stereocenters. The molecule has 1 aliphatic rings. The maximum absolute atomic E-state index is 12.6. The Balaban J connectivity index is 2.14. The smallest absolute Gasteiger partial charge is 0.321 e. The lowest BCUT2D eigenvalue weighted by atomic mass is 9.91. The number of piperidine rings is 1. The average molecular weight is 336 g/mol. The van der Waals surface area contributed by atoms with Crippen LogP contribution in [0.1, 0.15) is 20.3 Å². The third kappa shape index (κ3) is 4.31. The molecule has 2 rings (SSSR count). The number of carbonyl (C=O) groups is 2. The van der Waals surface area contributed by atoms with Crippen LogP contribution < -0.4 is 14.8 Å². The molecular weight excluding hydrogens is 312 g/mol. The standard InChI is InChI=1S/C17H24N2O5/c1-4-24-15-6-5-13(23-3)8-14(15)18-17(22)19-9-11(2)7-12(10-19)16(20)21/h5-6,8,11-12H,4,7,9-10H2,1-3H3,(H,18,22)(H,20,21). The van der Waals surface area contributed by atoms with Gasteiger partial charge in [0.1, 0.15) is 11.5 Å². The predicted molar refractivity (Wildman–Crippen MR) is 89.7 cm³/mol. The molecule has 132 valence electrons. The van der Waals surface area contributed by atoms with Crippen molar-refractivity contribution in [2.24, 2.45) is 11.8 Å². The number of aliphatic carboxylic acids is 1. The van der Waals surface area contributed by atoms with Crippen LogP contribution in [0, 0.1) is 11.8 Å². The third-order valence-corrected chi connectivity index (χ3v) is 4.02. The fourth-order valence-electron chi connectivity index (χ4n) is 2.91. The summed E-state index contributed by atoms with van der Waals surface area (Å²) in [4.78, 5) is 25.4. The number of nitrogens with zero attached hydrogens (tertiary/aromatic N) is 1. The van der Waals surface area contributed by atoms with Gasteiger partial charge in [-0.15, -0.1) is 0 Å². The molecule has 1 heterocycles. The largest absolute Gasteiger partial charge is 0.497 e. The number of nitrogens with one attached hydrogen (secondary N) is 1. The molecule has 0 aromatic heterocycles. The molecule has 0 saturated carbocycles. The van der Waals surface area contributed by atoms with E-state index in [1.54, 1.807) is 30.2 Å². The molecule has 0 aliphatic carbocycles. The normalized spacial score (nSPS) is 20.4. The highest BCUT2D eigenvalue weighted by Gasteiger charge is 2.32. The van der Waals surface area contributed by atoms with Crippen molar-refractivity contribution in [2.75, 3.05) is 32.1 Å². The number of methoxy groups -OCH3 is 1. The predicted octanol–water partition coefficient (Wildman–Crippen LogP) is 2.67. The van der Waals surface area contributed by atoms with E-state index in [4.69, 9.17) is 9.47 Å². The van der Waals surface area contributed by atoms with E-state index < -0.39 is 11.9 Å². The van der Waals surface area contributed by atoms with E-state index in [9.17, 15) is 14.7 Å². The number of carboxylic acid groups (broad SMARTS) is 1. The Bertz CT molecular complexity index is 605. The van der Waals surface area contributed by atoms with Crippen molar-refractivity contribution in [3.8, 4) is 11.5 Å².